The van der Waals surface area contributed by atoms with Gasteiger partial charge < -0.3 is 14.9 Å². The molecule has 5 nitrogen and oxygen atoms in total. The number of anilines is 1. The number of carbonyl (C=O) groups excluding carboxylic acids is 1. The molecular formula is C18H22N2O3. The molecule has 23 heavy (non-hydrogen) atoms. The van der Waals surface area contributed by atoms with Crippen LogP contribution in [0.25, 0.3) is 0 Å². The Kier molecular flexibility index (Phi) is 3.32. The van der Waals surface area contributed by atoms with Gasteiger partial charge in [-0.1, -0.05) is 18.2 Å². The molecule has 2 aliphatic heterocycles. The van der Waals surface area contributed by atoms with Crippen LogP contribution in [0.3, 0.4) is 0 Å². The largest absolute Gasteiger partial charge is 0.481 e. The lowest BCUT2D eigenvalue weighted by molar-refractivity contribution is -0.139. The fraction of sp³-hybridized carbons (Fsp3) is 0.556. The summed E-state index contributed by atoms with van der Waals surface area (Å²) < 4.78 is 0. The third kappa shape index (κ3) is 2.48. The Labute approximate surface area is 135 Å². The van der Waals surface area contributed by atoms with E-state index in [-0.39, 0.29) is 17.2 Å². The summed E-state index contributed by atoms with van der Waals surface area (Å²) in [4.78, 5) is 27.8. The van der Waals surface area contributed by atoms with Crippen molar-refractivity contribution < 1.29 is 14.7 Å². The number of rotatable bonds is 3. The zero-order valence-electron chi connectivity index (χ0n) is 13.2. The first-order valence-electron chi connectivity index (χ1n) is 8.42. The standard InChI is InChI=1S/C18H22N2O3/c21-16(12-20-8-5-13-3-1-2-4-15(13)20)19-9-6-18(7-10-19)11-14(18)17(22)23/h1-4,14H,5-12H2,(H,22,23). The van der Waals surface area contributed by atoms with E-state index >= 15 is 0 Å². The lowest BCUT2D eigenvalue weighted by Crippen LogP contribution is -2.44. The van der Waals surface area contributed by atoms with Crippen LogP contribution in [0.2, 0.25) is 0 Å². The van der Waals surface area contributed by atoms with Gasteiger partial charge in [-0.15, -0.1) is 0 Å². The lowest BCUT2D eigenvalue weighted by Gasteiger charge is -2.34. The SMILES string of the molecule is O=C(O)C1CC12CCN(C(=O)CN1CCc3ccccc31)CC2. The molecule has 5 heteroatoms. The maximum Gasteiger partial charge on any atom is 0.307 e. The number of amides is 1. The minimum Gasteiger partial charge on any atom is -0.481 e. The summed E-state index contributed by atoms with van der Waals surface area (Å²) in [7, 11) is 0. The number of para-hydroxylation sites is 1. The zero-order valence-corrected chi connectivity index (χ0v) is 13.2. The number of fused-ring (bicyclic) bond motifs is 1. The molecule has 1 aliphatic carbocycles. The summed E-state index contributed by atoms with van der Waals surface area (Å²) in [6.45, 7) is 2.76. The number of aliphatic carboxylic acids is 1. The van der Waals surface area contributed by atoms with Crippen molar-refractivity contribution in [2.45, 2.75) is 25.7 Å². The smallest absolute Gasteiger partial charge is 0.307 e. The van der Waals surface area contributed by atoms with Crippen LogP contribution in [0.15, 0.2) is 24.3 Å². The van der Waals surface area contributed by atoms with Crippen molar-refractivity contribution >= 4 is 17.6 Å². The Bertz CT molecular complexity index is 649. The molecule has 0 bridgehead atoms. The van der Waals surface area contributed by atoms with E-state index in [1.54, 1.807) is 0 Å². The normalized spacial score (nSPS) is 24.6. The molecule has 1 N–H and O–H groups in total. The van der Waals surface area contributed by atoms with Crippen LogP contribution in [-0.2, 0) is 16.0 Å². The van der Waals surface area contributed by atoms with Crippen molar-refractivity contribution in [3.05, 3.63) is 29.8 Å². The quantitative estimate of drug-likeness (QED) is 0.923. The van der Waals surface area contributed by atoms with Gasteiger partial charge in [0.25, 0.3) is 0 Å². The second-order valence-corrected chi connectivity index (χ2v) is 7.14. The van der Waals surface area contributed by atoms with Crippen molar-refractivity contribution in [2.75, 3.05) is 31.1 Å². The van der Waals surface area contributed by atoms with Gasteiger partial charge >= 0.3 is 5.97 Å². The molecule has 1 unspecified atom stereocenters. The maximum absolute atomic E-state index is 12.6. The van der Waals surface area contributed by atoms with Gasteiger partial charge in [0.2, 0.25) is 5.91 Å². The Morgan fingerprint density at radius 1 is 1.17 bits per heavy atom. The fourth-order valence-electron chi connectivity index (χ4n) is 4.28. The molecule has 4 rings (SSSR count). The minimum atomic E-state index is -0.668. The van der Waals surface area contributed by atoms with Gasteiger partial charge in [-0.3, -0.25) is 9.59 Å². The minimum absolute atomic E-state index is 0.0111. The molecule has 2 heterocycles. The van der Waals surface area contributed by atoms with Crippen molar-refractivity contribution in [3.8, 4) is 0 Å². The Balaban J connectivity index is 1.34. The first kappa shape index (κ1) is 14.5. The highest BCUT2D eigenvalue weighted by Crippen LogP contribution is 2.59. The van der Waals surface area contributed by atoms with Gasteiger partial charge in [0.1, 0.15) is 0 Å². The van der Waals surface area contributed by atoms with Gasteiger partial charge in [-0.2, -0.15) is 0 Å². The number of hydrogen-bond donors (Lipinski definition) is 1. The molecule has 1 saturated heterocycles. The van der Waals surface area contributed by atoms with Crippen LogP contribution >= 0.6 is 0 Å². The molecule has 2 fully saturated rings. The molecule has 1 spiro atoms. The highest BCUT2D eigenvalue weighted by Gasteiger charge is 2.59. The first-order chi connectivity index (χ1) is 11.1. The first-order valence-corrected chi connectivity index (χ1v) is 8.42. The predicted octanol–water partition coefficient (Wildman–Crippen LogP) is 1.76. The third-order valence-corrected chi connectivity index (χ3v) is 5.91. The van der Waals surface area contributed by atoms with Gasteiger partial charge in [0, 0.05) is 25.3 Å². The van der Waals surface area contributed by atoms with Gasteiger partial charge in [0.15, 0.2) is 0 Å². The molecule has 122 valence electrons. The molecule has 1 atom stereocenters. The molecular weight excluding hydrogens is 292 g/mol. The van der Waals surface area contributed by atoms with Crippen molar-refractivity contribution in [1.29, 1.82) is 0 Å². The highest BCUT2D eigenvalue weighted by molar-refractivity contribution is 5.82. The second kappa shape index (κ2) is 5.25. The summed E-state index contributed by atoms with van der Waals surface area (Å²) in [5, 5.41) is 9.14. The number of hydrogen-bond acceptors (Lipinski definition) is 3. The van der Waals surface area contributed by atoms with E-state index in [1.165, 1.54) is 11.3 Å². The van der Waals surface area contributed by atoms with E-state index in [0.29, 0.717) is 19.6 Å². The zero-order chi connectivity index (χ0) is 16.0. The van der Waals surface area contributed by atoms with Gasteiger partial charge in [-0.25, -0.2) is 0 Å². The van der Waals surface area contributed by atoms with E-state index in [2.05, 4.69) is 17.0 Å². The van der Waals surface area contributed by atoms with Crippen molar-refractivity contribution in [2.24, 2.45) is 11.3 Å². The van der Waals surface area contributed by atoms with E-state index in [4.69, 9.17) is 5.11 Å². The average molecular weight is 314 g/mol. The van der Waals surface area contributed by atoms with Gasteiger partial charge in [0.05, 0.1) is 12.5 Å². The summed E-state index contributed by atoms with van der Waals surface area (Å²) in [6, 6.07) is 8.28. The number of benzene rings is 1. The topological polar surface area (TPSA) is 60.9 Å². The van der Waals surface area contributed by atoms with Crippen LogP contribution in [0.5, 0.6) is 0 Å². The summed E-state index contributed by atoms with van der Waals surface area (Å²) in [5.41, 5.74) is 2.49. The number of carboxylic acid groups (broad SMARTS) is 1. The third-order valence-electron chi connectivity index (χ3n) is 5.91. The molecule has 1 amide bonds. The molecule has 1 aromatic carbocycles. The van der Waals surface area contributed by atoms with Crippen molar-refractivity contribution in [3.63, 3.8) is 0 Å². The molecule has 1 aromatic rings. The average Bonchev–Trinajstić information content (AvgIpc) is 3.11. The summed E-state index contributed by atoms with van der Waals surface area (Å²) in [5.74, 6) is -0.673. The maximum atomic E-state index is 12.6. The number of likely N-dealkylation sites (tertiary alicyclic amines) is 1. The van der Waals surface area contributed by atoms with Crippen LogP contribution in [0.1, 0.15) is 24.8 Å². The Morgan fingerprint density at radius 2 is 1.91 bits per heavy atom. The number of nitrogens with zero attached hydrogens (tertiary/aromatic N) is 2. The number of piperidine rings is 1. The molecule has 3 aliphatic rings. The van der Waals surface area contributed by atoms with E-state index < -0.39 is 5.97 Å². The van der Waals surface area contributed by atoms with E-state index in [9.17, 15) is 9.59 Å². The molecule has 0 aromatic heterocycles. The fourth-order valence-corrected chi connectivity index (χ4v) is 4.28. The van der Waals surface area contributed by atoms with Crippen LogP contribution < -0.4 is 4.90 Å². The van der Waals surface area contributed by atoms with Crippen LogP contribution in [0, 0.1) is 11.3 Å². The second-order valence-electron chi connectivity index (χ2n) is 7.14. The Morgan fingerprint density at radius 3 is 2.61 bits per heavy atom. The van der Waals surface area contributed by atoms with E-state index in [1.807, 2.05) is 17.0 Å². The number of carbonyl (C=O) groups is 2. The van der Waals surface area contributed by atoms with Crippen LogP contribution in [-0.4, -0.2) is 48.1 Å². The molecule has 1 saturated carbocycles. The van der Waals surface area contributed by atoms with Crippen LogP contribution in [0.4, 0.5) is 5.69 Å². The van der Waals surface area contributed by atoms with Gasteiger partial charge in [-0.05, 0) is 42.7 Å². The molecule has 0 radical (unpaired) electrons. The monoisotopic (exact) mass is 314 g/mol. The number of carboxylic acids is 1. The lowest BCUT2D eigenvalue weighted by atomic mass is 9.91. The van der Waals surface area contributed by atoms with Crippen molar-refractivity contribution in [1.82, 2.24) is 4.90 Å². The van der Waals surface area contributed by atoms with E-state index in [0.717, 1.165) is 32.2 Å². The summed E-state index contributed by atoms with van der Waals surface area (Å²) >= 11 is 0. The summed E-state index contributed by atoms with van der Waals surface area (Å²) in [6.07, 6.45) is 3.48. The predicted molar refractivity (Wildman–Crippen MR) is 86.3 cm³/mol. The highest BCUT2D eigenvalue weighted by atomic mass is 16.4. The Hall–Kier alpha value is -2.04.